The van der Waals surface area contributed by atoms with Gasteiger partial charge < -0.3 is 14.8 Å². The van der Waals surface area contributed by atoms with Crippen LogP contribution in [-0.2, 0) is 4.79 Å². The quantitative estimate of drug-likeness (QED) is 0.562. The van der Waals surface area contributed by atoms with Crippen LogP contribution in [0.1, 0.15) is 26.3 Å². The molecule has 0 aromatic heterocycles. The highest BCUT2D eigenvalue weighted by Crippen LogP contribution is 2.16. The molecular formula is C20H25N3O3. The van der Waals surface area contributed by atoms with Crippen molar-refractivity contribution in [3.05, 3.63) is 54.1 Å². The topological polar surface area (TPSA) is 72.0 Å². The lowest BCUT2D eigenvalue weighted by Gasteiger charge is -2.14. The Labute approximate surface area is 154 Å². The van der Waals surface area contributed by atoms with Gasteiger partial charge in [-0.25, -0.2) is 5.43 Å². The molecule has 26 heavy (non-hydrogen) atoms. The maximum Gasteiger partial charge on any atom is 0.262 e. The van der Waals surface area contributed by atoms with Gasteiger partial charge in [-0.2, -0.15) is 5.10 Å². The minimum absolute atomic E-state index is 0.216. The zero-order valence-corrected chi connectivity index (χ0v) is 15.6. The van der Waals surface area contributed by atoms with E-state index in [0.717, 1.165) is 22.7 Å². The van der Waals surface area contributed by atoms with Gasteiger partial charge in [0.25, 0.3) is 5.91 Å². The Morgan fingerprint density at radius 2 is 1.69 bits per heavy atom. The van der Waals surface area contributed by atoms with Crippen LogP contribution < -0.4 is 20.2 Å². The van der Waals surface area contributed by atoms with Crippen LogP contribution in [-0.4, -0.2) is 31.4 Å². The SMILES string of the molecule is CCOc1ccc(NC(C)C(=O)N/N=C(\C)c2ccc(OC)cc2)cc1. The normalized spacial score (nSPS) is 12.2. The fourth-order valence-electron chi connectivity index (χ4n) is 2.26. The number of benzene rings is 2. The lowest BCUT2D eigenvalue weighted by Crippen LogP contribution is -2.35. The second-order valence-corrected chi connectivity index (χ2v) is 5.73. The first kappa shape index (κ1) is 19.3. The lowest BCUT2D eigenvalue weighted by atomic mass is 10.1. The van der Waals surface area contributed by atoms with Crippen molar-refractivity contribution in [2.75, 3.05) is 19.0 Å². The van der Waals surface area contributed by atoms with E-state index in [2.05, 4.69) is 15.8 Å². The standard InChI is InChI=1S/C20H25N3O3/c1-5-26-19-12-8-17(9-13-19)21-15(3)20(24)23-22-14(2)16-6-10-18(25-4)11-7-16/h6-13,15,21H,5H2,1-4H3,(H,23,24)/b22-14+. The van der Waals surface area contributed by atoms with Crippen molar-refractivity contribution in [2.24, 2.45) is 5.10 Å². The summed E-state index contributed by atoms with van der Waals surface area (Å²) in [4.78, 5) is 12.2. The van der Waals surface area contributed by atoms with E-state index in [0.29, 0.717) is 12.3 Å². The number of carbonyl (C=O) groups excluding carboxylic acids is 1. The number of hydrogen-bond donors (Lipinski definition) is 2. The van der Waals surface area contributed by atoms with Crippen molar-refractivity contribution in [3.8, 4) is 11.5 Å². The maximum atomic E-state index is 12.2. The Morgan fingerprint density at radius 1 is 1.08 bits per heavy atom. The number of nitrogens with one attached hydrogen (secondary N) is 2. The first-order valence-corrected chi connectivity index (χ1v) is 8.51. The molecule has 0 aliphatic heterocycles. The van der Waals surface area contributed by atoms with Crippen LogP contribution in [0.5, 0.6) is 11.5 Å². The molecule has 6 nitrogen and oxygen atoms in total. The molecule has 1 unspecified atom stereocenters. The summed E-state index contributed by atoms with van der Waals surface area (Å²) < 4.78 is 10.5. The Kier molecular flexibility index (Phi) is 7.02. The fraction of sp³-hybridized carbons (Fsp3) is 0.300. The van der Waals surface area contributed by atoms with Gasteiger partial charge in [0.15, 0.2) is 0 Å². The third kappa shape index (κ3) is 5.51. The number of rotatable bonds is 8. The Morgan fingerprint density at radius 3 is 2.27 bits per heavy atom. The van der Waals surface area contributed by atoms with Crippen molar-refractivity contribution >= 4 is 17.3 Å². The molecule has 0 saturated heterocycles. The predicted molar refractivity (Wildman–Crippen MR) is 104 cm³/mol. The Hall–Kier alpha value is -3.02. The van der Waals surface area contributed by atoms with Gasteiger partial charge in [-0.1, -0.05) is 0 Å². The van der Waals surface area contributed by atoms with Crippen molar-refractivity contribution in [1.29, 1.82) is 0 Å². The van der Waals surface area contributed by atoms with Gasteiger partial charge in [-0.05, 0) is 74.9 Å². The van der Waals surface area contributed by atoms with E-state index in [1.54, 1.807) is 14.0 Å². The fourth-order valence-corrected chi connectivity index (χ4v) is 2.26. The van der Waals surface area contributed by atoms with E-state index in [1.165, 1.54) is 0 Å². The van der Waals surface area contributed by atoms with E-state index < -0.39 is 6.04 Å². The molecule has 0 aliphatic rings. The smallest absolute Gasteiger partial charge is 0.262 e. The zero-order valence-electron chi connectivity index (χ0n) is 15.6. The van der Waals surface area contributed by atoms with Crippen LogP contribution >= 0.6 is 0 Å². The van der Waals surface area contributed by atoms with Gasteiger partial charge in [-0.15, -0.1) is 0 Å². The number of amides is 1. The zero-order chi connectivity index (χ0) is 18.9. The third-order valence-electron chi connectivity index (χ3n) is 3.78. The van der Waals surface area contributed by atoms with E-state index in [-0.39, 0.29) is 5.91 Å². The number of methoxy groups -OCH3 is 1. The van der Waals surface area contributed by atoms with Crippen LogP contribution in [0.3, 0.4) is 0 Å². The molecule has 0 heterocycles. The molecule has 138 valence electrons. The van der Waals surface area contributed by atoms with Crippen molar-refractivity contribution in [2.45, 2.75) is 26.8 Å². The summed E-state index contributed by atoms with van der Waals surface area (Å²) in [7, 11) is 1.62. The second kappa shape index (κ2) is 9.46. The molecule has 2 N–H and O–H groups in total. The summed E-state index contributed by atoms with van der Waals surface area (Å²) >= 11 is 0. The summed E-state index contributed by atoms with van der Waals surface area (Å²) in [5, 5.41) is 7.30. The average Bonchev–Trinajstić information content (AvgIpc) is 2.67. The van der Waals surface area contributed by atoms with Gasteiger partial charge in [0.05, 0.1) is 19.4 Å². The van der Waals surface area contributed by atoms with Crippen LogP contribution in [0.25, 0.3) is 0 Å². The summed E-state index contributed by atoms with van der Waals surface area (Å²) in [6, 6.07) is 14.5. The molecule has 0 saturated carbocycles. The number of nitrogens with zero attached hydrogens (tertiary/aromatic N) is 1. The predicted octanol–water partition coefficient (Wildman–Crippen LogP) is 3.43. The third-order valence-corrected chi connectivity index (χ3v) is 3.78. The van der Waals surface area contributed by atoms with E-state index in [4.69, 9.17) is 9.47 Å². The number of hydrazone groups is 1. The molecule has 2 aromatic rings. The molecule has 6 heteroatoms. The summed E-state index contributed by atoms with van der Waals surface area (Å²) in [5.41, 5.74) is 5.06. The molecular weight excluding hydrogens is 330 g/mol. The van der Waals surface area contributed by atoms with Gasteiger partial charge in [0.2, 0.25) is 0 Å². The number of hydrogen-bond acceptors (Lipinski definition) is 5. The van der Waals surface area contributed by atoms with Crippen LogP contribution in [0, 0.1) is 0 Å². The van der Waals surface area contributed by atoms with E-state index in [1.807, 2.05) is 62.4 Å². The molecule has 0 radical (unpaired) electrons. The maximum absolute atomic E-state index is 12.2. The molecule has 2 aromatic carbocycles. The largest absolute Gasteiger partial charge is 0.497 e. The minimum Gasteiger partial charge on any atom is -0.497 e. The van der Waals surface area contributed by atoms with Crippen LogP contribution in [0.2, 0.25) is 0 Å². The van der Waals surface area contributed by atoms with Crippen LogP contribution in [0.4, 0.5) is 5.69 Å². The average molecular weight is 355 g/mol. The first-order chi connectivity index (χ1) is 12.5. The van der Waals surface area contributed by atoms with Gasteiger partial charge in [-0.3, -0.25) is 4.79 Å². The number of carbonyl (C=O) groups is 1. The first-order valence-electron chi connectivity index (χ1n) is 8.51. The van der Waals surface area contributed by atoms with E-state index in [9.17, 15) is 4.79 Å². The molecule has 2 rings (SSSR count). The van der Waals surface area contributed by atoms with E-state index >= 15 is 0 Å². The highest BCUT2D eigenvalue weighted by Gasteiger charge is 2.12. The van der Waals surface area contributed by atoms with Gasteiger partial charge >= 0.3 is 0 Å². The highest BCUT2D eigenvalue weighted by atomic mass is 16.5. The minimum atomic E-state index is -0.430. The monoisotopic (exact) mass is 355 g/mol. The molecule has 0 aliphatic carbocycles. The summed E-state index contributed by atoms with van der Waals surface area (Å²) in [5.74, 6) is 1.36. The Balaban J connectivity index is 1.90. The van der Waals surface area contributed by atoms with Crippen LogP contribution in [0.15, 0.2) is 53.6 Å². The van der Waals surface area contributed by atoms with Crippen molar-refractivity contribution in [1.82, 2.24) is 5.43 Å². The Bertz CT molecular complexity index is 740. The number of anilines is 1. The second-order valence-electron chi connectivity index (χ2n) is 5.73. The molecule has 1 amide bonds. The summed E-state index contributed by atoms with van der Waals surface area (Å²) in [6.07, 6.45) is 0. The van der Waals surface area contributed by atoms with Gasteiger partial charge in [0, 0.05) is 5.69 Å². The molecule has 0 bridgehead atoms. The lowest BCUT2D eigenvalue weighted by molar-refractivity contribution is -0.121. The molecule has 0 spiro atoms. The molecule has 0 fully saturated rings. The number of ether oxygens (including phenoxy) is 2. The highest BCUT2D eigenvalue weighted by molar-refractivity contribution is 5.99. The van der Waals surface area contributed by atoms with Gasteiger partial charge in [0.1, 0.15) is 17.5 Å². The van der Waals surface area contributed by atoms with Crippen molar-refractivity contribution in [3.63, 3.8) is 0 Å². The molecule has 1 atom stereocenters. The van der Waals surface area contributed by atoms with Crippen molar-refractivity contribution < 1.29 is 14.3 Å². The summed E-state index contributed by atoms with van der Waals surface area (Å²) in [6.45, 7) is 6.18.